The predicted molar refractivity (Wildman–Crippen MR) is 73.3 cm³/mol. The summed E-state index contributed by atoms with van der Waals surface area (Å²) in [5.41, 5.74) is 0.512. The second-order valence-electron chi connectivity index (χ2n) is 5.59. The van der Waals surface area contributed by atoms with Gasteiger partial charge in [-0.3, -0.25) is 0 Å². The van der Waals surface area contributed by atoms with Gasteiger partial charge in [-0.25, -0.2) is 17.5 Å². The summed E-state index contributed by atoms with van der Waals surface area (Å²) in [6.07, 6.45) is -3.58. The molecule has 0 amide bonds. The average molecular weight is 339 g/mol. The van der Waals surface area contributed by atoms with E-state index in [9.17, 15) is 26.0 Å². The van der Waals surface area contributed by atoms with E-state index in [1.54, 1.807) is 6.92 Å². The summed E-state index contributed by atoms with van der Waals surface area (Å²) in [5, 5.41) is 0. The van der Waals surface area contributed by atoms with Crippen LogP contribution in [0.25, 0.3) is 0 Å². The van der Waals surface area contributed by atoms with E-state index in [0.717, 1.165) is 12.1 Å². The van der Waals surface area contributed by atoms with E-state index in [4.69, 9.17) is 0 Å². The Labute approximate surface area is 126 Å². The predicted octanol–water partition coefficient (Wildman–Crippen LogP) is 3.53. The van der Waals surface area contributed by atoms with E-state index in [0.29, 0.717) is 18.4 Å². The Kier molecular flexibility index (Phi) is 4.81. The largest absolute Gasteiger partial charge is 0.393 e. The van der Waals surface area contributed by atoms with Crippen LogP contribution in [0.5, 0.6) is 0 Å². The third kappa shape index (κ3) is 3.78. The number of sulfonamides is 1. The third-order valence-corrected chi connectivity index (χ3v) is 5.37. The average Bonchev–Trinajstić information content (AvgIpc) is 2.40. The molecule has 124 valence electrons. The summed E-state index contributed by atoms with van der Waals surface area (Å²) in [5.74, 6) is -2.71. The van der Waals surface area contributed by atoms with Crippen LogP contribution >= 0.6 is 0 Å². The van der Waals surface area contributed by atoms with Crippen LogP contribution in [-0.2, 0) is 10.0 Å². The van der Waals surface area contributed by atoms with E-state index < -0.39 is 38.9 Å². The molecule has 3 nitrogen and oxygen atoms in total. The van der Waals surface area contributed by atoms with Gasteiger partial charge in [0.25, 0.3) is 0 Å². The number of alkyl halides is 3. The van der Waals surface area contributed by atoms with Crippen LogP contribution in [0.2, 0.25) is 0 Å². The Hall–Kier alpha value is -1.15. The Morgan fingerprint density at radius 3 is 2.45 bits per heavy atom. The van der Waals surface area contributed by atoms with Crippen LogP contribution < -0.4 is 4.72 Å². The molecule has 1 N–H and O–H groups in total. The summed E-state index contributed by atoms with van der Waals surface area (Å²) in [7, 11) is -4.33. The highest BCUT2D eigenvalue weighted by Gasteiger charge is 2.46. The minimum atomic E-state index is -4.47. The molecule has 0 bridgehead atoms. The number of hydrogen-bond acceptors (Lipinski definition) is 2. The van der Waals surface area contributed by atoms with Crippen LogP contribution in [0.4, 0.5) is 17.6 Å². The third-order valence-electron chi connectivity index (χ3n) is 3.87. The lowest BCUT2D eigenvalue weighted by molar-refractivity contribution is -0.187. The van der Waals surface area contributed by atoms with E-state index in [1.807, 2.05) is 4.72 Å². The SMILES string of the molecule is Cc1ccc(F)c(S(=O)(=O)NC2CCCCC2C(F)(F)F)c1. The smallest absolute Gasteiger partial charge is 0.207 e. The van der Waals surface area contributed by atoms with Crippen molar-refractivity contribution in [3.8, 4) is 0 Å². The van der Waals surface area contributed by atoms with Crippen molar-refractivity contribution in [1.29, 1.82) is 0 Å². The van der Waals surface area contributed by atoms with Crippen molar-refractivity contribution >= 4 is 10.0 Å². The van der Waals surface area contributed by atoms with Gasteiger partial charge in [0, 0.05) is 6.04 Å². The lowest BCUT2D eigenvalue weighted by atomic mass is 9.85. The summed E-state index contributed by atoms with van der Waals surface area (Å²) >= 11 is 0. The number of rotatable bonds is 3. The van der Waals surface area contributed by atoms with Crippen LogP contribution in [0, 0.1) is 18.7 Å². The monoisotopic (exact) mass is 339 g/mol. The molecule has 1 aliphatic rings. The van der Waals surface area contributed by atoms with Crippen LogP contribution in [-0.4, -0.2) is 20.6 Å². The molecule has 2 rings (SSSR count). The maximum Gasteiger partial charge on any atom is 0.393 e. The van der Waals surface area contributed by atoms with Gasteiger partial charge in [-0.1, -0.05) is 18.9 Å². The second kappa shape index (κ2) is 6.16. The van der Waals surface area contributed by atoms with Crippen molar-refractivity contribution < 1.29 is 26.0 Å². The minimum absolute atomic E-state index is 0.0941. The Balaban J connectivity index is 2.29. The maximum atomic E-state index is 13.7. The lowest BCUT2D eigenvalue weighted by Crippen LogP contribution is -2.47. The Bertz CT molecular complexity index is 643. The van der Waals surface area contributed by atoms with E-state index in [-0.39, 0.29) is 12.8 Å². The first kappa shape index (κ1) is 17.2. The van der Waals surface area contributed by atoms with Gasteiger partial charge in [0.05, 0.1) is 5.92 Å². The van der Waals surface area contributed by atoms with Gasteiger partial charge in [0.2, 0.25) is 10.0 Å². The summed E-state index contributed by atoms with van der Waals surface area (Å²) in [6.45, 7) is 1.58. The normalized spacial score (nSPS) is 23.5. The number of hydrogen-bond donors (Lipinski definition) is 1. The molecule has 0 spiro atoms. The van der Waals surface area contributed by atoms with E-state index in [1.165, 1.54) is 6.07 Å². The number of aryl methyl sites for hydroxylation is 1. The van der Waals surface area contributed by atoms with Gasteiger partial charge in [0.15, 0.2) is 0 Å². The van der Waals surface area contributed by atoms with Gasteiger partial charge >= 0.3 is 6.18 Å². The van der Waals surface area contributed by atoms with Gasteiger partial charge in [-0.15, -0.1) is 0 Å². The maximum absolute atomic E-state index is 13.7. The lowest BCUT2D eigenvalue weighted by Gasteiger charge is -2.33. The van der Waals surface area contributed by atoms with Crippen LogP contribution in [0.15, 0.2) is 23.1 Å². The minimum Gasteiger partial charge on any atom is -0.207 e. The molecule has 0 aliphatic heterocycles. The molecule has 0 saturated heterocycles. The fraction of sp³-hybridized carbons (Fsp3) is 0.571. The molecule has 0 aromatic heterocycles. The molecule has 2 unspecified atom stereocenters. The van der Waals surface area contributed by atoms with Gasteiger partial charge in [-0.2, -0.15) is 13.2 Å². The molecule has 1 saturated carbocycles. The molecule has 0 radical (unpaired) electrons. The Morgan fingerprint density at radius 1 is 1.18 bits per heavy atom. The molecule has 0 heterocycles. The van der Waals surface area contributed by atoms with Crippen LogP contribution in [0.1, 0.15) is 31.2 Å². The van der Waals surface area contributed by atoms with Gasteiger partial charge in [0.1, 0.15) is 10.7 Å². The zero-order valence-corrected chi connectivity index (χ0v) is 12.8. The molecule has 22 heavy (non-hydrogen) atoms. The molecule has 1 aromatic rings. The van der Waals surface area contributed by atoms with Crippen molar-refractivity contribution in [2.75, 3.05) is 0 Å². The molecule has 8 heteroatoms. The molecule has 2 atom stereocenters. The zero-order chi connectivity index (χ0) is 16.5. The number of nitrogens with one attached hydrogen (secondary N) is 1. The second-order valence-corrected chi connectivity index (χ2v) is 7.28. The molecular formula is C14H17F4NO2S. The van der Waals surface area contributed by atoms with Gasteiger partial charge in [-0.05, 0) is 37.5 Å². The summed E-state index contributed by atoms with van der Waals surface area (Å²) in [4.78, 5) is -0.612. The van der Waals surface area contributed by atoms with Crippen molar-refractivity contribution in [1.82, 2.24) is 4.72 Å². The topological polar surface area (TPSA) is 46.2 Å². The molecule has 1 aliphatic carbocycles. The molecular weight excluding hydrogens is 322 g/mol. The first-order chi connectivity index (χ1) is 10.1. The fourth-order valence-corrected chi connectivity index (χ4v) is 4.22. The van der Waals surface area contributed by atoms with Crippen molar-refractivity contribution in [3.05, 3.63) is 29.6 Å². The summed E-state index contributed by atoms with van der Waals surface area (Å²) < 4.78 is 79.2. The molecule has 1 aromatic carbocycles. The quantitative estimate of drug-likeness (QED) is 0.857. The number of halogens is 4. The van der Waals surface area contributed by atoms with E-state index in [2.05, 4.69) is 0 Å². The fourth-order valence-electron chi connectivity index (χ4n) is 2.74. The number of benzene rings is 1. The van der Waals surface area contributed by atoms with Gasteiger partial charge < -0.3 is 0 Å². The summed E-state index contributed by atoms with van der Waals surface area (Å²) in [6, 6.07) is 2.25. The molecule has 1 fully saturated rings. The standard InChI is InChI=1S/C14H17F4NO2S/c1-9-6-7-11(15)13(8-9)22(20,21)19-12-5-3-2-4-10(12)14(16,17)18/h6-8,10,12,19H,2-5H2,1H3. The van der Waals surface area contributed by atoms with Crippen molar-refractivity contribution in [2.24, 2.45) is 5.92 Å². The zero-order valence-electron chi connectivity index (χ0n) is 12.0. The van der Waals surface area contributed by atoms with Crippen LogP contribution in [0.3, 0.4) is 0 Å². The highest BCUT2D eigenvalue weighted by atomic mass is 32.2. The first-order valence-electron chi connectivity index (χ1n) is 6.96. The first-order valence-corrected chi connectivity index (χ1v) is 8.45. The van der Waals surface area contributed by atoms with E-state index >= 15 is 0 Å². The van der Waals surface area contributed by atoms with Crippen molar-refractivity contribution in [2.45, 2.75) is 49.7 Å². The highest BCUT2D eigenvalue weighted by molar-refractivity contribution is 7.89. The Morgan fingerprint density at radius 2 is 1.82 bits per heavy atom. The highest BCUT2D eigenvalue weighted by Crippen LogP contribution is 2.38. The van der Waals surface area contributed by atoms with Crippen molar-refractivity contribution in [3.63, 3.8) is 0 Å².